The van der Waals surface area contributed by atoms with Crippen LogP contribution in [0.5, 0.6) is 5.75 Å². The minimum absolute atomic E-state index is 0.0562. The zero-order chi connectivity index (χ0) is 21.5. The number of nitrogens with one attached hydrogen (secondary N) is 1. The summed E-state index contributed by atoms with van der Waals surface area (Å²) >= 11 is 0. The molecular weight excluding hydrogens is 385 g/mol. The second kappa shape index (κ2) is 9.69. The molecule has 0 saturated heterocycles. The number of hydrogen-bond acceptors (Lipinski definition) is 4. The van der Waals surface area contributed by atoms with Crippen molar-refractivity contribution in [2.75, 3.05) is 13.7 Å². The van der Waals surface area contributed by atoms with Crippen molar-refractivity contribution in [2.24, 2.45) is 0 Å². The van der Waals surface area contributed by atoms with E-state index in [4.69, 9.17) is 9.47 Å². The van der Waals surface area contributed by atoms with Gasteiger partial charge in [-0.1, -0.05) is 48.5 Å². The van der Waals surface area contributed by atoms with Gasteiger partial charge >= 0.3 is 5.97 Å². The van der Waals surface area contributed by atoms with Crippen molar-refractivity contribution in [1.82, 2.24) is 5.32 Å². The Morgan fingerprint density at radius 2 is 1.63 bits per heavy atom. The smallest absolute Gasteiger partial charge is 0.338 e. The van der Waals surface area contributed by atoms with Gasteiger partial charge in [0.25, 0.3) is 5.91 Å². The van der Waals surface area contributed by atoms with E-state index in [0.29, 0.717) is 11.3 Å². The zero-order valence-corrected chi connectivity index (χ0v) is 16.7. The molecule has 0 spiro atoms. The standard InChI is InChI=1S/C24H22FNO4/c1-16-8-9-19(14-21(16)25)24(28)30-15-22(27)26-23(17-6-4-3-5-7-17)18-10-12-20(29-2)13-11-18/h3-14,23H,15H2,1-2H3,(H,26,27)/t23-/m1/s1. The number of esters is 1. The highest BCUT2D eigenvalue weighted by Crippen LogP contribution is 2.24. The van der Waals surface area contributed by atoms with Crippen molar-refractivity contribution in [3.05, 3.63) is 101 Å². The van der Waals surface area contributed by atoms with Crippen molar-refractivity contribution in [1.29, 1.82) is 0 Å². The van der Waals surface area contributed by atoms with E-state index in [1.165, 1.54) is 12.1 Å². The van der Waals surface area contributed by atoms with Crippen LogP contribution in [0.3, 0.4) is 0 Å². The number of halogens is 1. The van der Waals surface area contributed by atoms with Crippen molar-refractivity contribution >= 4 is 11.9 Å². The van der Waals surface area contributed by atoms with Gasteiger partial charge in [-0.3, -0.25) is 4.79 Å². The minimum atomic E-state index is -0.759. The third-order valence-corrected chi connectivity index (χ3v) is 4.63. The quantitative estimate of drug-likeness (QED) is 0.596. The van der Waals surface area contributed by atoms with E-state index in [-0.39, 0.29) is 5.56 Å². The molecule has 0 aliphatic rings. The first-order valence-electron chi connectivity index (χ1n) is 9.39. The van der Waals surface area contributed by atoms with Crippen LogP contribution in [0.1, 0.15) is 33.1 Å². The topological polar surface area (TPSA) is 64.6 Å². The molecule has 1 N–H and O–H groups in total. The van der Waals surface area contributed by atoms with Crippen molar-refractivity contribution in [2.45, 2.75) is 13.0 Å². The summed E-state index contributed by atoms with van der Waals surface area (Å²) in [4.78, 5) is 24.6. The Kier molecular flexibility index (Phi) is 6.80. The van der Waals surface area contributed by atoms with Crippen LogP contribution in [-0.4, -0.2) is 25.6 Å². The van der Waals surface area contributed by atoms with Gasteiger partial charge < -0.3 is 14.8 Å². The third-order valence-electron chi connectivity index (χ3n) is 4.63. The summed E-state index contributed by atoms with van der Waals surface area (Å²) in [5.74, 6) is -1.03. The number of carbonyl (C=O) groups is 2. The van der Waals surface area contributed by atoms with Gasteiger partial charge in [0.05, 0.1) is 18.7 Å². The molecule has 0 fully saturated rings. The molecule has 3 aromatic carbocycles. The predicted octanol–water partition coefficient (Wildman–Crippen LogP) is 4.21. The van der Waals surface area contributed by atoms with Gasteiger partial charge in [-0.25, -0.2) is 9.18 Å². The number of hydrogen-bond donors (Lipinski definition) is 1. The van der Waals surface area contributed by atoms with E-state index in [9.17, 15) is 14.0 Å². The van der Waals surface area contributed by atoms with Crippen molar-refractivity contribution in [3.8, 4) is 5.75 Å². The Labute approximate surface area is 174 Å². The SMILES string of the molecule is COc1ccc([C@H](NC(=O)COC(=O)c2ccc(C)c(F)c2)c2ccccc2)cc1. The molecule has 1 amide bonds. The Morgan fingerprint density at radius 1 is 0.967 bits per heavy atom. The minimum Gasteiger partial charge on any atom is -0.497 e. The van der Waals surface area contributed by atoms with Gasteiger partial charge in [0.1, 0.15) is 11.6 Å². The average Bonchev–Trinajstić information content (AvgIpc) is 2.78. The van der Waals surface area contributed by atoms with Gasteiger partial charge in [0.2, 0.25) is 0 Å². The van der Waals surface area contributed by atoms with E-state index in [1.54, 1.807) is 14.0 Å². The van der Waals surface area contributed by atoms with Crippen LogP contribution in [0.4, 0.5) is 4.39 Å². The number of benzene rings is 3. The van der Waals surface area contributed by atoms with E-state index in [1.807, 2.05) is 54.6 Å². The Balaban J connectivity index is 1.70. The third kappa shape index (κ3) is 5.23. The van der Waals surface area contributed by atoms with Gasteiger partial charge in [-0.2, -0.15) is 0 Å². The molecule has 5 nitrogen and oxygen atoms in total. The van der Waals surface area contributed by atoms with Gasteiger partial charge in [-0.05, 0) is 47.9 Å². The summed E-state index contributed by atoms with van der Waals surface area (Å²) < 4.78 is 23.9. The fraction of sp³-hybridized carbons (Fsp3) is 0.167. The van der Waals surface area contributed by atoms with Crippen LogP contribution in [-0.2, 0) is 9.53 Å². The molecule has 0 aliphatic heterocycles. The van der Waals surface area contributed by atoms with Crippen LogP contribution in [0.2, 0.25) is 0 Å². The molecule has 0 saturated carbocycles. The fourth-order valence-electron chi connectivity index (χ4n) is 2.94. The molecule has 3 aromatic rings. The molecule has 0 radical (unpaired) electrons. The number of carbonyl (C=O) groups excluding carboxylic acids is 2. The van der Waals surface area contributed by atoms with Crippen molar-refractivity contribution < 1.29 is 23.5 Å². The van der Waals surface area contributed by atoms with Crippen LogP contribution < -0.4 is 10.1 Å². The molecule has 0 heterocycles. The largest absolute Gasteiger partial charge is 0.497 e. The number of aryl methyl sites for hydroxylation is 1. The van der Waals surface area contributed by atoms with Crippen LogP contribution in [0, 0.1) is 12.7 Å². The summed E-state index contributed by atoms with van der Waals surface area (Å²) in [7, 11) is 1.58. The number of ether oxygens (including phenoxy) is 2. The maximum Gasteiger partial charge on any atom is 0.338 e. The summed E-state index contributed by atoms with van der Waals surface area (Å²) in [6.45, 7) is 1.12. The predicted molar refractivity (Wildman–Crippen MR) is 111 cm³/mol. The Morgan fingerprint density at radius 3 is 2.27 bits per heavy atom. The molecule has 0 aromatic heterocycles. The van der Waals surface area contributed by atoms with Gasteiger partial charge in [-0.15, -0.1) is 0 Å². The molecule has 154 valence electrons. The highest BCUT2D eigenvalue weighted by atomic mass is 19.1. The molecule has 0 unspecified atom stereocenters. The molecule has 1 atom stereocenters. The molecule has 3 rings (SSSR count). The normalized spacial score (nSPS) is 11.4. The monoisotopic (exact) mass is 407 g/mol. The van der Waals surface area contributed by atoms with Crippen molar-refractivity contribution in [3.63, 3.8) is 0 Å². The first-order chi connectivity index (χ1) is 14.5. The lowest BCUT2D eigenvalue weighted by molar-refractivity contribution is -0.124. The summed E-state index contributed by atoms with van der Waals surface area (Å²) in [5.41, 5.74) is 2.21. The van der Waals surface area contributed by atoms with Gasteiger partial charge in [0, 0.05) is 0 Å². The highest BCUT2D eigenvalue weighted by molar-refractivity contribution is 5.91. The second-order valence-corrected chi connectivity index (χ2v) is 6.72. The highest BCUT2D eigenvalue weighted by Gasteiger charge is 2.18. The lowest BCUT2D eigenvalue weighted by Crippen LogP contribution is -2.33. The number of methoxy groups -OCH3 is 1. The van der Waals surface area contributed by atoms with E-state index < -0.39 is 30.3 Å². The lowest BCUT2D eigenvalue weighted by atomic mass is 9.98. The zero-order valence-electron chi connectivity index (χ0n) is 16.7. The number of amides is 1. The summed E-state index contributed by atoms with van der Waals surface area (Å²) in [6.07, 6.45) is 0. The Hall–Kier alpha value is -3.67. The lowest BCUT2D eigenvalue weighted by Gasteiger charge is -2.20. The Bertz CT molecular complexity index is 1020. The second-order valence-electron chi connectivity index (χ2n) is 6.72. The first kappa shape index (κ1) is 21.0. The summed E-state index contributed by atoms with van der Waals surface area (Å²) in [6, 6.07) is 20.4. The molecule has 0 bridgehead atoms. The van der Waals surface area contributed by atoms with E-state index in [0.717, 1.165) is 17.2 Å². The van der Waals surface area contributed by atoms with E-state index in [2.05, 4.69) is 5.32 Å². The molecule has 0 aliphatic carbocycles. The van der Waals surface area contributed by atoms with E-state index >= 15 is 0 Å². The molecule has 6 heteroatoms. The molecule has 30 heavy (non-hydrogen) atoms. The van der Waals surface area contributed by atoms with Gasteiger partial charge in [0.15, 0.2) is 6.61 Å². The maximum atomic E-state index is 13.6. The summed E-state index contributed by atoms with van der Waals surface area (Å²) in [5, 5.41) is 2.88. The number of rotatable bonds is 7. The maximum absolute atomic E-state index is 13.6. The molecular formula is C24H22FNO4. The fourth-order valence-corrected chi connectivity index (χ4v) is 2.94. The van der Waals surface area contributed by atoms with Crippen LogP contribution >= 0.6 is 0 Å². The van der Waals surface area contributed by atoms with Crippen LogP contribution in [0.25, 0.3) is 0 Å². The van der Waals surface area contributed by atoms with Crippen LogP contribution in [0.15, 0.2) is 72.8 Å². The first-order valence-corrected chi connectivity index (χ1v) is 9.39. The average molecular weight is 407 g/mol.